The lowest BCUT2D eigenvalue weighted by Crippen LogP contribution is -2.53. The van der Waals surface area contributed by atoms with Crippen LogP contribution in [0.5, 0.6) is 0 Å². The second-order valence-electron chi connectivity index (χ2n) is 13.1. The summed E-state index contributed by atoms with van der Waals surface area (Å²) in [5.41, 5.74) is 2.35. The monoisotopic (exact) mass is 573 g/mol. The molecule has 9 nitrogen and oxygen atoms in total. The zero-order chi connectivity index (χ0) is 29.4. The molecule has 2 aliphatic carbocycles. The number of piperazine rings is 1. The molecule has 2 N–H and O–H groups in total. The number of hydrogen-bond acceptors (Lipinski definition) is 7. The number of fused-ring (bicyclic) bond motifs is 1. The largest absolute Gasteiger partial charge is 0.349 e. The molecule has 4 aliphatic rings. The SMILES string of the molecule is CC(C)N1c2nc(Nc3ccc(C(=O)N[C@H]4CC[C@H](N5CCN(CC6CC6)CC5)CC4)cc3)ccc2N(C)C(=O)[C@H]1C. The smallest absolute Gasteiger partial charge is 0.251 e. The number of anilines is 4. The fraction of sp³-hybridized carbons (Fsp3) is 0.606. The number of nitrogens with one attached hydrogen (secondary N) is 2. The fourth-order valence-electron chi connectivity index (χ4n) is 7.04. The average molecular weight is 574 g/mol. The third kappa shape index (κ3) is 6.27. The maximum atomic E-state index is 13.0. The van der Waals surface area contributed by atoms with E-state index in [-0.39, 0.29) is 29.9 Å². The van der Waals surface area contributed by atoms with Crippen LogP contribution in [0.1, 0.15) is 69.7 Å². The third-order valence-electron chi connectivity index (χ3n) is 9.71. The summed E-state index contributed by atoms with van der Waals surface area (Å²) in [6.45, 7) is 12.2. The third-order valence-corrected chi connectivity index (χ3v) is 9.71. The fourth-order valence-corrected chi connectivity index (χ4v) is 7.04. The van der Waals surface area contributed by atoms with Gasteiger partial charge in [-0.25, -0.2) is 4.98 Å². The Balaban J connectivity index is 0.999. The van der Waals surface area contributed by atoms with Gasteiger partial charge in [0.15, 0.2) is 5.82 Å². The summed E-state index contributed by atoms with van der Waals surface area (Å²) in [6, 6.07) is 12.2. The molecule has 2 saturated carbocycles. The quantitative estimate of drug-likeness (QED) is 0.482. The van der Waals surface area contributed by atoms with E-state index in [1.807, 2.05) is 43.3 Å². The molecule has 0 bridgehead atoms. The second-order valence-corrected chi connectivity index (χ2v) is 13.1. The minimum atomic E-state index is -0.273. The zero-order valence-corrected chi connectivity index (χ0v) is 25.7. The maximum absolute atomic E-state index is 13.0. The van der Waals surface area contributed by atoms with Gasteiger partial charge in [-0.3, -0.25) is 14.5 Å². The number of benzene rings is 1. The van der Waals surface area contributed by atoms with Crippen LogP contribution in [0.25, 0.3) is 0 Å². The van der Waals surface area contributed by atoms with E-state index < -0.39 is 0 Å². The maximum Gasteiger partial charge on any atom is 0.251 e. The molecular formula is C33H47N7O2. The molecule has 3 fully saturated rings. The van der Waals surface area contributed by atoms with E-state index in [1.54, 1.807) is 11.9 Å². The molecule has 6 rings (SSSR count). The lowest BCUT2D eigenvalue weighted by Gasteiger charge is -2.42. The van der Waals surface area contributed by atoms with Gasteiger partial charge in [0.05, 0.1) is 5.69 Å². The molecule has 2 aromatic rings. The lowest BCUT2D eigenvalue weighted by atomic mass is 9.89. The standard InChI is InChI=1S/C33H47N7O2/c1-22(2)40-23(3)33(42)37(4)29-15-16-30(36-31(29)40)34-26-9-7-25(8-10-26)32(41)35-27-11-13-28(14-12-27)39-19-17-38(18-20-39)21-24-5-6-24/h7-10,15-16,22-24,27-28H,5-6,11-14,17-21H2,1-4H3,(H,34,36)(H,35,41)/t23-,27-,28-/m1/s1. The first kappa shape index (κ1) is 28.9. The Labute approximate surface area is 250 Å². The molecule has 1 saturated heterocycles. The highest BCUT2D eigenvalue weighted by Crippen LogP contribution is 2.36. The van der Waals surface area contributed by atoms with Crippen LogP contribution in [-0.4, -0.2) is 90.5 Å². The number of rotatable bonds is 8. The van der Waals surface area contributed by atoms with Crippen molar-refractivity contribution in [2.24, 2.45) is 5.92 Å². The van der Waals surface area contributed by atoms with Gasteiger partial charge in [-0.15, -0.1) is 0 Å². The Morgan fingerprint density at radius 1 is 0.952 bits per heavy atom. The molecule has 1 aromatic heterocycles. The van der Waals surface area contributed by atoms with Gasteiger partial charge in [-0.1, -0.05) is 0 Å². The molecule has 9 heteroatoms. The number of nitrogens with zero attached hydrogens (tertiary/aromatic N) is 5. The van der Waals surface area contributed by atoms with Crippen LogP contribution < -0.4 is 20.4 Å². The Kier molecular flexibility index (Phi) is 8.41. The predicted octanol–water partition coefficient (Wildman–Crippen LogP) is 4.47. The highest BCUT2D eigenvalue weighted by molar-refractivity contribution is 6.04. The van der Waals surface area contributed by atoms with Gasteiger partial charge < -0.3 is 25.3 Å². The number of hydrogen-bond donors (Lipinski definition) is 2. The molecule has 1 aromatic carbocycles. The summed E-state index contributed by atoms with van der Waals surface area (Å²) in [7, 11) is 1.80. The zero-order valence-electron chi connectivity index (χ0n) is 25.7. The van der Waals surface area contributed by atoms with Crippen molar-refractivity contribution in [1.82, 2.24) is 20.1 Å². The normalized spacial score (nSPS) is 25.5. The van der Waals surface area contributed by atoms with Crippen molar-refractivity contribution in [2.75, 3.05) is 54.9 Å². The number of aromatic nitrogens is 1. The molecule has 2 amide bonds. The van der Waals surface area contributed by atoms with Crippen LogP contribution in [0.3, 0.4) is 0 Å². The Morgan fingerprint density at radius 3 is 2.29 bits per heavy atom. The highest BCUT2D eigenvalue weighted by atomic mass is 16.2. The van der Waals surface area contributed by atoms with E-state index in [2.05, 4.69) is 39.2 Å². The Hall–Kier alpha value is -3.17. The lowest BCUT2D eigenvalue weighted by molar-refractivity contribution is -0.119. The van der Waals surface area contributed by atoms with Crippen molar-refractivity contribution < 1.29 is 9.59 Å². The van der Waals surface area contributed by atoms with E-state index in [0.717, 1.165) is 36.0 Å². The number of carbonyl (C=O) groups is 2. The Morgan fingerprint density at radius 2 is 1.64 bits per heavy atom. The van der Waals surface area contributed by atoms with Crippen molar-refractivity contribution >= 4 is 34.8 Å². The van der Waals surface area contributed by atoms with Gasteiger partial charge in [-0.05, 0) is 102 Å². The average Bonchev–Trinajstić information content (AvgIpc) is 3.81. The minimum absolute atomic E-state index is 0.000127. The molecular weight excluding hydrogens is 526 g/mol. The summed E-state index contributed by atoms with van der Waals surface area (Å²) in [4.78, 5) is 39.7. The van der Waals surface area contributed by atoms with Crippen molar-refractivity contribution in [3.63, 3.8) is 0 Å². The van der Waals surface area contributed by atoms with E-state index >= 15 is 0 Å². The van der Waals surface area contributed by atoms with Gasteiger partial charge in [0.2, 0.25) is 5.91 Å². The molecule has 0 unspecified atom stereocenters. The second kappa shape index (κ2) is 12.2. The first-order valence-electron chi connectivity index (χ1n) is 16.0. The van der Waals surface area contributed by atoms with E-state index in [1.165, 1.54) is 58.4 Å². The summed E-state index contributed by atoms with van der Waals surface area (Å²) in [5.74, 6) is 2.54. The van der Waals surface area contributed by atoms with Crippen LogP contribution in [0.4, 0.5) is 23.0 Å². The highest BCUT2D eigenvalue weighted by Gasteiger charge is 2.36. The van der Waals surface area contributed by atoms with Gasteiger partial charge in [0.25, 0.3) is 5.91 Å². The first-order valence-corrected chi connectivity index (χ1v) is 16.0. The first-order chi connectivity index (χ1) is 20.3. The van der Waals surface area contributed by atoms with Gasteiger partial charge >= 0.3 is 0 Å². The summed E-state index contributed by atoms with van der Waals surface area (Å²) in [5, 5.41) is 6.66. The van der Waals surface area contributed by atoms with E-state index in [4.69, 9.17) is 4.98 Å². The molecule has 3 heterocycles. The van der Waals surface area contributed by atoms with Gasteiger partial charge in [-0.2, -0.15) is 0 Å². The molecule has 0 spiro atoms. The van der Waals surface area contributed by atoms with Crippen molar-refractivity contribution in [1.29, 1.82) is 0 Å². The summed E-state index contributed by atoms with van der Waals surface area (Å²) >= 11 is 0. The van der Waals surface area contributed by atoms with Crippen LogP contribution in [0, 0.1) is 5.92 Å². The molecule has 42 heavy (non-hydrogen) atoms. The van der Waals surface area contributed by atoms with E-state index in [9.17, 15) is 9.59 Å². The van der Waals surface area contributed by atoms with Gasteiger partial charge in [0.1, 0.15) is 11.9 Å². The molecule has 226 valence electrons. The number of carbonyl (C=O) groups excluding carboxylic acids is 2. The van der Waals surface area contributed by atoms with Crippen molar-refractivity contribution in [3.05, 3.63) is 42.0 Å². The van der Waals surface area contributed by atoms with Crippen molar-refractivity contribution in [3.8, 4) is 0 Å². The number of amides is 2. The van der Waals surface area contributed by atoms with Crippen molar-refractivity contribution in [2.45, 2.75) is 83.5 Å². The predicted molar refractivity (Wildman–Crippen MR) is 169 cm³/mol. The Bertz CT molecular complexity index is 1260. The molecule has 0 radical (unpaired) electrons. The van der Waals surface area contributed by atoms with Crippen LogP contribution in [-0.2, 0) is 4.79 Å². The summed E-state index contributed by atoms with van der Waals surface area (Å²) in [6.07, 6.45) is 7.31. The van der Waals surface area contributed by atoms with Crippen LogP contribution in [0.15, 0.2) is 36.4 Å². The number of likely N-dealkylation sites (N-methyl/N-ethyl adjacent to an activating group) is 1. The van der Waals surface area contributed by atoms with Crippen LogP contribution in [0.2, 0.25) is 0 Å². The minimum Gasteiger partial charge on any atom is -0.349 e. The molecule has 2 aliphatic heterocycles. The van der Waals surface area contributed by atoms with Crippen LogP contribution >= 0.6 is 0 Å². The van der Waals surface area contributed by atoms with Gasteiger partial charge in [0, 0.05) is 69.1 Å². The summed E-state index contributed by atoms with van der Waals surface area (Å²) < 4.78 is 0. The topological polar surface area (TPSA) is 84.1 Å². The number of pyridine rings is 1. The molecule has 1 atom stereocenters. The van der Waals surface area contributed by atoms with E-state index in [0.29, 0.717) is 17.4 Å².